The second kappa shape index (κ2) is 9.60. The highest BCUT2D eigenvalue weighted by atomic mass is 16.6. The van der Waals surface area contributed by atoms with Crippen molar-refractivity contribution < 1.29 is 23.8 Å². The van der Waals surface area contributed by atoms with Gasteiger partial charge in [0, 0.05) is 13.7 Å². The molecule has 2 rings (SSSR count). The van der Waals surface area contributed by atoms with E-state index in [1.54, 1.807) is 12.0 Å². The van der Waals surface area contributed by atoms with Gasteiger partial charge in [-0.15, -0.1) is 0 Å². The third kappa shape index (κ3) is 6.75. The SMILES string of the molecule is COCC1C(NC(=O)OC(C)(C)C)CCCN1C(=O)OCc1ccccc1. The van der Waals surface area contributed by atoms with Gasteiger partial charge in [0.15, 0.2) is 0 Å². The van der Waals surface area contributed by atoms with Crippen LogP contribution in [-0.2, 0) is 20.8 Å². The van der Waals surface area contributed by atoms with E-state index in [2.05, 4.69) is 5.32 Å². The summed E-state index contributed by atoms with van der Waals surface area (Å²) in [6.45, 7) is 6.52. The highest BCUT2D eigenvalue weighted by molar-refractivity contribution is 5.70. The van der Waals surface area contributed by atoms with E-state index in [0.717, 1.165) is 18.4 Å². The molecule has 2 unspecified atom stereocenters. The number of hydrogen-bond donors (Lipinski definition) is 1. The highest BCUT2D eigenvalue weighted by Gasteiger charge is 2.36. The lowest BCUT2D eigenvalue weighted by atomic mass is 9.97. The summed E-state index contributed by atoms with van der Waals surface area (Å²) in [6, 6.07) is 8.97. The largest absolute Gasteiger partial charge is 0.445 e. The van der Waals surface area contributed by atoms with Gasteiger partial charge in [0.2, 0.25) is 0 Å². The maximum absolute atomic E-state index is 12.6. The molecule has 1 aromatic rings. The van der Waals surface area contributed by atoms with Crippen LogP contribution in [0.2, 0.25) is 0 Å². The van der Waals surface area contributed by atoms with Crippen LogP contribution in [0.4, 0.5) is 9.59 Å². The van der Waals surface area contributed by atoms with Crippen LogP contribution in [-0.4, -0.2) is 55.0 Å². The van der Waals surface area contributed by atoms with Gasteiger partial charge in [-0.2, -0.15) is 0 Å². The molecule has 0 saturated carbocycles. The number of methoxy groups -OCH3 is 1. The van der Waals surface area contributed by atoms with Gasteiger partial charge < -0.3 is 24.4 Å². The summed E-state index contributed by atoms with van der Waals surface area (Å²) < 4.78 is 16.1. The first-order valence-electron chi connectivity index (χ1n) is 9.26. The average molecular weight is 378 g/mol. The van der Waals surface area contributed by atoms with Crippen molar-refractivity contribution in [3.05, 3.63) is 35.9 Å². The number of hydrogen-bond acceptors (Lipinski definition) is 5. The predicted octanol–water partition coefficient (Wildman–Crippen LogP) is 3.33. The summed E-state index contributed by atoms with van der Waals surface area (Å²) in [5, 5.41) is 2.88. The average Bonchev–Trinajstić information content (AvgIpc) is 2.60. The van der Waals surface area contributed by atoms with Gasteiger partial charge in [0.1, 0.15) is 12.2 Å². The Bertz CT molecular complexity index is 615. The Balaban J connectivity index is 1.99. The Kier molecular flexibility index (Phi) is 7.47. The molecule has 1 saturated heterocycles. The minimum Gasteiger partial charge on any atom is -0.445 e. The zero-order chi connectivity index (χ0) is 19.9. The van der Waals surface area contributed by atoms with Crippen LogP contribution in [0, 0.1) is 0 Å². The van der Waals surface area contributed by atoms with E-state index in [1.165, 1.54) is 0 Å². The van der Waals surface area contributed by atoms with Crippen LogP contribution in [0.1, 0.15) is 39.2 Å². The van der Waals surface area contributed by atoms with Crippen LogP contribution in [0.5, 0.6) is 0 Å². The van der Waals surface area contributed by atoms with Crippen molar-refractivity contribution in [1.29, 1.82) is 0 Å². The molecule has 2 amide bonds. The van der Waals surface area contributed by atoms with Crippen molar-refractivity contribution >= 4 is 12.2 Å². The topological polar surface area (TPSA) is 77.1 Å². The van der Waals surface area contributed by atoms with Crippen molar-refractivity contribution in [1.82, 2.24) is 10.2 Å². The van der Waals surface area contributed by atoms with E-state index in [1.807, 2.05) is 51.1 Å². The Morgan fingerprint density at radius 1 is 1.22 bits per heavy atom. The molecule has 27 heavy (non-hydrogen) atoms. The molecule has 1 aromatic carbocycles. The molecule has 1 aliphatic heterocycles. The lowest BCUT2D eigenvalue weighted by Crippen LogP contribution is -2.59. The second-order valence-corrected chi connectivity index (χ2v) is 7.65. The summed E-state index contributed by atoms with van der Waals surface area (Å²) in [5.74, 6) is 0. The first-order chi connectivity index (χ1) is 12.8. The molecule has 7 heteroatoms. The van der Waals surface area contributed by atoms with Gasteiger partial charge in [0.05, 0.1) is 18.7 Å². The van der Waals surface area contributed by atoms with Gasteiger partial charge in [-0.05, 0) is 39.2 Å². The molecule has 0 aliphatic carbocycles. The lowest BCUT2D eigenvalue weighted by Gasteiger charge is -2.40. The molecular formula is C20H30N2O5. The van der Waals surface area contributed by atoms with E-state index in [0.29, 0.717) is 13.2 Å². The maximum Gasteiger partial charge on any atom is 0.410 e. The fourth-order valence-electron chi connectivity index (χ4n) is 3.09. The Morgan fingerprint density at radius 3 is 2.56 bits per heavy atom. The molecule has 0 spiro atoms. The molecule has 0 aromatic heterocycles. The number of likely N-dealkylation sites (tertiary alicyclic amines) is 1. The zero-order valence-electron chi connectivity index (χ0n) is 16.6. The lowest BCUT2D eigenvalue weighted by molar-refractivity contribution is 0.0158. The van der Waals surface area contributed by atoms with Gasteiger partial charge in [0.25, 0.3) is 0 Å². The summed E-state index contributed by atoms with van der Waals surface area (Å²) in [4.78, 5) is 26.4. The van der Waals surface area contributed by atoms with E-state index in [9.17, 15) is 9.59 Å². The zero-order valence-corrected chi connectivity index (χ0v) is 16.6. The number of amides is 2. The van der Waals surface area contributed by atoms with Crippen LogP contribution in [0.3, 0.4) is 0 Å². The molecule has 1 aliphatic rings. The molecule has 0 radical (unpaired) electrons. The van der Waals surface area contributed by atoms with Gasteiger partial charge >= 0.3 is 12.2 Å². The fourth-order valence-corrected chi connectivity index (χ4v) is 3.09. The highest BCUT2D eigenvalue weighted by Crippen LogP contribution is 2.20. The van der Waals surface area contributed by atoms with Crippen LogP contribution < -0.4 is 5.32 Å². The number of ether oxygens (including phenoxy) is 3. The first kappa shape index (κ1) is 21.0. The number of carbonyl (C=O) groups excluding carboxylic acids is 2. The van der Waals surface area contributed by atoms with Crippen molar-refractivity contribution in [3.8, 4) is 0 Å². The number of benzene rings is 1. The molecule has 1 N–H and O–H groups in total. The van der Waals surface area contributed by atoms with Gasteiger partial charge in [-0.3, -0.25) is 0 Å². The molecule has 150 valence electrons. The molecule has 7 nitrogen and oxygen atoms in total. The third-order valence-corrected chi connectivity index (χ3v) is 4.26. The quantitative estimate of drug-likeness (QED) is 0.850. The summed E-state index contributed by atoms with van der Waals surface area (Å²) in [7, 11) is 1.58. The molecular weight excluding hydrogens is 348 g/mol. The Morgan fingerprint density at radius 2 is 1.93 bits per heavy atom. The minimum atomic E-state index is -0.580. The molecule has 1 fully saturated rings. The standard InChI is InChI=1S/C20H30N2O5/c1-20(2,3)27-18(23)21-16-11-8-12-22(17(16)14-25-4)19(24)26-13-15-9-6-5-7-10-15/h5-7,9-10,16-17H,8,11-14H2,1-4H3,(H,21,23). The Hall–Kier alpha value is -2.28. The summed E-state index contributed by atoms with van der Waals surface area (Å²) in [5.41, 5.74) is 0.346. The van der Waals surface area contributed by atoms with Crippen LogP contribution in [0.15, 0.2) is 30.3 Å². The molecule has 2 atom stereocenters. The van der Waals surface area contributed by atoms with Gasteiger partial charge in [-0.1, -0.05) is 30.3 Å². The number of alkyl carbamates (subject to hydrolysis) is 1. The smallest absolute Gasteiger partial charge is 0.410 e. The van der Waals surface area contributed by atoms with Gasteiger partial charge in [-0.25, -0.2) is 9.59 Å². The maximum atomic E-state index is 12.6. The normalized spacial score (nSPS) is 20.1. The summed E-state index contributed by atoms with van der Waals surface area (Å²) >= 11 is 0. The number of rotatable bonds is 5. The van der Waals surface area contributed by atoms with Crippen molar-refractivity contribution in [3.63, 3.8) is 0 Å². The number of piperidine rings is 1. The Labute approximate surface area is 161 Å². The molecule has 1 heterocycles. The number of nitrogens with one attached hydrogen (secondary N) is 1. The first-order valence-corrected chi connectivity index (χ1v) is 9.26. The predicted molar refractivity (Wildman–Crippen MR) is 101 cm³/mol. The second-order valence-electron chi connectivity index (χ2n) is 7.65. The van der Waals surface area contributed by atoms with Crippen LogP contribution in [0.25, 0.3) is 0 Å². The van der Waals surface area contributed by atoms with Crippen molar-refractivity contribution in [2.75, 3.05) is 20.3 Å². The van der Waals surface area contributed by atoms with E-state index in [-0.39, 0.29) is 18.7 Å². The van der Waals surface area contributed by atoms with E-state index < -0.39 is 17.8 Å². The van der Waals surface area contributed by atoms with E-state index in [4.69, 9.17) is 14.2 Å². The van der Waals surface area contributed by atoms with Crippen molar-refractivity contribution in [2.24, 2.45) is 0 Å². The third-order valence-electron chi connectivity index (χ3n) is 4.26. The summed E-state index contributed by atoms with van der Waals surface area (Å²) in [6.07, 6.45) is 0.612. The number of nitrogens with zero attached hydrogens (tertiary/aromatic N) is 1. The minimum absolute atomic E-state index is 0.208. The fraction of sp³-hybridized carbons (Fsp3) is 0.600. The molecule has 0 bridgehead atoms. The number of carbonyl (C=O) groups is 2. The van der Waals surface area contributed by atoms with Crippen molar-refractivity contribution in [2.45, 2.75) is 57.9 Å². The van der Waals surface area contributed by atoms with E-state index >= 15 is 0 Å². The monoisotopic (exact) mass is 378 g/mol. The van der Waals surface area contributed by atoms with Crippen LogP contribution >= 0.6 is 0 Å².